The highest BCUT2D eigenvalue weighted by Crippen LogP contribution is 2.29. The fraction of sp³-hybridized carbons (Fsp3) is 0.182. The number of hydrogen-bond acceptors (Lipinski definition) is 5. The Morgan fingerprint density at radius 2 is 2.03 bits per heavy atom. The third-order valence-corrected chi connectivity index (χ3v) is 5.53. The van der Waals surface area contributed by atoms with Gasteiger partial charge in [-0.05, 0) is 36.3 Å². The average molecular weight is 405 g/mol. The van der Waals surface area contributed by atoms with Crippen LogP contribution in [0.25, 0.3) is 16.5 Å². The zero-order valence-corrected chi connectivity index (χ0v) is 16.0. The van der Waals surface area contributed by atoms with Crippen LogP contribution < -0.4 is 11.0 Å². The van der Waals surface area contributed by atoms with Gasteiger partial charge in [-0.1, -0.05) is 18.2 Å². The van der Waals surface area contributed by atoms with E-state index in [0.29, 0.717) is 16.5 Å². The number of hydrazone groups is 1. The molecule has 0 spiro atoms. The molecular formula is C22H17F2N5O. The molecule has 2 atom stereocenters. The summed E-state index contributed by atoms with van der Waals surface area (Å²) in [6, 6.07) is 4.10. The predicted octanol–water partition coefficient (Wildman–Crippen LogP) is 3.04. The predicted molar refractivity (Wildman–Crippen MR) is 110 cm³/mol. The summed E-state index contributed by atoms with van der Waals surface area (Å²) in [5.41, 5.74) is 5.02. The van der Waals surface area contributed by atoms with Crippen LogP contribution in [0, 0.1) is 17.6 Å². The van der Waals surface area contributed by atoms with E-state index in [4.69, 9.17) is 0 Å². The van der Waals surface area contributed by atoms with Gasteiger partial charge in [-0.15, -0.1) is 0 Å². The van der Waals surface area contributed by atoms with Crippen molar-refractivity contribution in [2.75, 3.05) is 0 Å². The molecule has 0 bridgehead atoms. The van der Waals surface area contributed by atoms with E-state index in [2.05, 4.69) is 20.5 Å². The first kappa shape index (κ1) is 18.4. The third kappa shape index (κ3) is 3.01. The molecule has 5 rings (SSSR count). The molecule has 0 saturated heterocycles. The number of aromatic nitrogens is 3. The molecule has 150 valence electrons. The average Bonchev–Trinajstić information content (AvgIpc) is 3.12. The molecular weight excluding hydrogens is 388 g/mol. The monoisotopic (exact) mass is 405 g/mol. The minimum atomic E-state index is -0.713. The molecule has 0 radical (unpaired) electrons. The second kappa shape index (κ2) is 6.98. The first-order valence-corrected chi connectivity index (χ1v) is 9.48. The summed E-state index contributed by atoms with van der Waals surface area (Å²) in [5, 5.41) is 4.56. The highest BCUT2D eigenvalue weighted by Gasteiger charge is 2.28. The molecule has 0 amide bonds. The molecule has 1 aliphatic carbocycles. The lowest BCUT2D eigenvalue weighted by molar-refractivity contribution is 0.540. The van der Waals surface area contributed by atoms with Crippen molar-refractivity contribution in [2.45, 2.75) is 19.5 Å². The second-order valence-electron chi connectivity index (χ2n) is 7.40. The summed E-state index contributed by atoms with van der Waals surface area (Å²) in [5.74, 6) is -1.27. The molecule has 8 heteroatoms. The summed E-state index contributed by atoms with van der Waals surface area (Å²) in [6.07, 6.45) is 9.99. The molecule has 2 unspecified atom stereocenters. The molecule has 2 aliphatic rings. The zero-order valence-electron chi connectivity index (χ0n) is 16.0. The van der Waals surface area contributed by atoms with E-state index in [1.165, 1.54) is 41.5 Å². The first-order valence-electron chi connectivity index (χ1n) is 9.48. The summed E-state index contributed by atoms with van der Waals surface area (Å²) in [6.45, 7) is 1.69. The highest BCUT2D eigenvalue weighted by atomic mass is 19.1. The van der Waals surface area contributed by atoms with E-state index in [1.54, 1.807) is 0 Å². The molecule has 6 nitrogen and oxygen atoms in total. The SMILES string of the molecule is CC1=NNC2C=C(c3cc(F)c(Cn4cnc5cnccc5c4=O)c(F)c3)C=CC12. The largest absolute Gasteiger partial charge is 0.302 e. The summed E-state index contributed by atoms with van der Waals surface area (Å²) < 4.78 is 30.9. The lowest BCUT2D eigenvalue weighted by atomic mass is 9.87. The van der Waals surface area contributed by atoms with Crippen molar-refractivity contribution in [1.29, 1.82) is 0 Å². The second-order valence-corrected chi connectivity index (χ2v) is 7.40. The minimum absolute atomic E-state index is 0.0208. The quantitative estimate of drug-likeness (QED) is 0.727. The number of halogens is 2. The molecule has 3 heterocycles. The van der Waals surface area contributed by atoms with Crippen LogP contribution in [-0.4, -0.2) is 26.3 Å². The van der Waals surface area contributed by atoms with Gasteiger partial charge in [-0.2, -0.15) is 5.10 Å². The lowest BCUT2D eigenvalue weighted by Crippen LogP contribution is -2.27. The molecule has 2 aromatic heterocycles. The molecule has 30 heavy (non-hydrogen) atoms. The maximum absolute atomic E-state index is 14.9. The molecule has 1 aliphatic heterocycles. The van der Waals surface area contributed by atoms with Crippen LogP contribution in [-0.2, 0) is 6.54 Å². The first-order chi connectivity index (χ1) is 14.5. The van der Waals surface area contributed by atoms with Gasteiger partial charge in [0.15, 0.2) is 0 Å². The van der Waals surface area contributed by atoms with Crippen LogP contribution in [0.2, 0.25) is 0 Å². The van der Waals surface area contributed by atoms with Gasteiger partial charge in [0.25, 0.3) is 5.56 Å². The van der Waals surface area contributed by atoms with Gasteiger partial charge < -0.3 is 5.43 Å². The van der Waals surface area contributed by atoms with Crippen LogP contribution >= 0.6 is 0 Å². The van der Waals surface area contributed by atoms with Gasteiger partial charge >= 0.3 is 0 Å². The van der Waals surface area contributed by atoms with E-state index in [9.17, 15) is 13.6 Å². The Morgan fingerprint density at radius 1 is 1.23 bits per heavy atom. The Hall–Kier alpha value is -3.68. The van der Waals surface area contributed by atoms with Gasteiger partial charge in [0.2, 0.25) is 0 Å². The van der Waals surface area contributed by atoms with Crippen molar-refractivity contribution < 1.29 is 8.78 Å². The van der Waals surface area contributed by atoms with Gasteiger partial charge in [0.1, 0.15) is 11.6 Å². The van der Waals surface area contributed by atoms with E-state index >= 15 is 0 Å². The van der Waals surface area contributed by atoms with E-state index in [1.807, 2.05) is 25.2 Å². The third-order valence-electron chi connectivity index (χ3n) is 5.53. The molecule has 1 N–H and O–H groups in total. The van der Waals surface area contributed by atoms with E-state index < -0.39 is 11.6 Å². The Bertz CT molecular complexity index is 1300. The normalized spacial score (nSPS) is 20.0. The van der Waals surface area contributed by atoms with Crippen LogP contribution in [0.4, 0.5) is 8.78 Å². The van der Waals surface area contributed by atoms with Crippen molar-refractivity contribution in [2.24, 2.45) is 11.0 Å². The van der Waals surface area contributed by atoms with Crippen molar-refractivity contribution >= 4 is 22.2 Å². The summed E-state index contributed by atoms with van der Waals surface area (Å²) >= 11 is 0. The summed E-state index contributed by atoms with van der Waals surface area (Å²) in [4.78, 5) is 20.7. The molecule has 0 fully saturated rings. The smallest absolute Gasteiger partial charge is 0.261 e. The van der Waals surface area contributed by atoms with Gasteiger partial charge in [-0.3, -0.25) is 14.3 Å². The Labute approximate surface area is 170 Å². The number of pyridine rings is 1. The highest BCUT2D eigenvalue weighted by molar-refractivity contribution is 5.91. The Kier molecular flexibility index (Phi) is 4.27. The number of fused-ring (bicyclic) bond motifs is 2. The maximum Gasteiger partial charge on any atom is 0.261 e. The Morgan fingerprint density at radius 3 is 2.83 bits per heavy atom. The fourth-order valence-corrected chi connectivity index (χ4v) is 3.85. The van der Waals surface area contributed by atoms with Crippen molar-refractivity contribution in [3.05, 3.63) is 88.3 Å². The van der Waals surface area contributed by atoms with Crippen LogP contribution in [0.5, 0.6) is 0 Å². The van der Waals surface area contributed by atoms with Crippen molar-refractivity contribution in [1.82, 2.24) is 20.0 Å². The number of hydrogen-bond donors (Lipinski definition) is 1. The van der Waals surface area contributed by atoms with Crippen LogP contribution in [0.15, 0.2) is 65.0 Å². The maximum atomic E-state index is 14.9. The number of rotatable bonds is 3. The van der Waals surface area contributed by atoms with E-state index in [0.717, 1.165) is 11.3 Å². The number of nitrogens with zero attached hydrogens (tertiary/aromatic N) is 4. The lowest BCUT2D eigenvalue weighted by Gasteiger charge is -2.19. The summed E-state index contributed by atoms with van der Waals surface area (Å²) in [7, 11) is 0. The molecule has 1 aromatic carbocycles. The van der Waals surface area contributed by atoms with Crippen molar-refractivity contribution in [3.8, 4) is 0 Å². The van der Waals surface area contributed by atoms with Crippen LogP contribution in [0.1, 0.15) is 18.1 Å². The molecule has 3 aromatic rings. The molecule has 0 saturated carbocycles. The topological polar surface area (TPSA) is 72.2 Å². The number of allylic oxidation sites excluding steroid dienone is 2. The van der Waals surface area contributed by atoms with Gasteiger partial charge in [-0.25, -0.2) is 13.8 Å². The Balaban J connectivity index is 1.47. The van der Waals surface area contributed by atoms with Gasteiger partial charge in [0.05, 0.1) is 36.0 Å². The van der Waals surface area contributed by atoms with Crippen molar-refractivity contribution in [3.63, 3.8) is 0 Å². The number of benzene rings is 1. The van der Waals surface area contributed by atoms with E-state index in [-0.39, 0.29) is 29.6 Å². The fourth-order valence-electron chi connectivity index (χ4n) is 3.85. The standard InChI is InChI=1S/C22H17F2N5O/c1-12-15-3-2-13(8-20(15)28-27-12)14-6-18(23)17(19(24)7-14)10-29-11-26-21-9-25-5-4-16(21)22(29)30/h2-9,11,15,20,28H,10H2,1H3. The zero-order chi connectivity index (χ0) is 20.8. The van der Waals surface area contributed by atoms with Crippen LogP contribution in [0.3, 0.4) is 0 Å². The minimum Gasteiger partial charge on any atom is -0.302 e. The number of nitrogens with one attached hydrogen (secondary N) is 1. The van der Waals surface area contributed by atoms with Gasteiger partial charge in [0, 0.05) is 23.4 Å².